The number of likely N-dealkylation sites (tertiary alicyclic amines) is 1. The van der Waals surface area contributed by atoms with Crippen LogP contribution in [0.25, 0.3) is 0 Å². The Morgan fingerprint density at radius 3 is 2.89 bits per heavy atom. The minimum Gasteiger partial charge on any atom is -0.357 e. The van der Waals surface area contributed by atoms with Crippen LogP contribution >= 0.6 is 15.9 Å². The van der Waals surface area contributed by atoms with Crippen LogP contribution in [0.15, 0.2) is 17.0 Å². The minimum atomic E-state index is -4.37. The topological polar surface area (TPSA) is 58.1 Å². The number of halogens is 4. The quantitative estimate of drug-likeness (QED) is 0.913. The number of carbonyl (C=O) groups is 1. The summed E-state index contributed by atoms with van der Waals surface area (Å²) in [6, 6.07) is -0.687. The normalized spacial score (nSPS) is 19.9. The number of amides is 1. The van der Waals surface area contributed by atoms with Gasteiger partial charge < -0.3 is 10.2 Å². The highest BCUT2D eigenvalue weighted by Crippen LogP contribution is 2.24. The number of rotatable bonds is 3. The van der Waals surface area contributed by atoms with E-state index in [0.29, 0.717) is 16.7 Å². The third-order valence-corrected chi connectivity index (χ3v) is 3.23. The first-order valence-electron chi connectivity index (χ1n) is 5.44. The maximum absolute atomic E-state index is 12.3. The van der Waals surface area contributed by atoms with E-state index in [1.165, 1.54) is 12.5 Å². The van der Waals surface area contributed by atoms with Crippen molar-refractivity contribution in [1.29, 1.82) is 0 Å². The highest BCUT2D eigenvalue weighted by Gasteiger charge is 2.39. The van der Waals surface area contributed by atoms with Crippen LogP contribution in [-0.2, 0) is 4.79 Å². The fourth-order valence-corrected chi connectivity index (χ4v) is 2.17. The van der Waals surface area contributed by atoms with Crippen LogP contribution in [0.4, 0.5) is 19.0 Å². The highest BCUT2D eigenvalue weighted by atomic mass is 79.9. The van der Waals surface area contributed by atoms with E-state index in [4.69, 9.17) is 0 Å². The summed E-state index contributed by atoms with van der Waals surface area (Å²) in [6.07, 6.45) is -1.28. The summed E-state index contributed by atoms with van der Waals surface area (Å²) in [7, 11) is 0. The molecule has 9 heteroatoms. The molecular weight excluding hydrogens is 329 g/mol. The van der Waals surface area contributed by atoms with Crippen LogP contribution in [0.5, 0.6) is 0 Å². The molecule has 1 atom stereocenters. The van der Waals surface area contributed by atoms with Gasteiger partial charge in [-0.15, -0.1) is 0 Å². The standard InChI is InChI=1S/C10H10BrF3N4O/c11-6-3-15-5-16-8(6)17-7-1-2-18(9(7)19)4-10(12,13)14/h3,5,7H,1-2,4H2,(H,15,16,17). The lowest BCUT2D eigenvalue weighted by atomic mass is 10.2. The molecular formula is C10H10BrF3N4O. The SMILES string of the molecule is O=C1C(Nc2ncncc2Br)CCN1CC(F)(F)F. The van der Waals surface area contributed by atoms with E-state index in [1.807, 2.05) is 0 Å². The van der Waals surface area contributed by atoms with Gasteiger partial charge in [-0.25, -0.2) is 9.97 Å². The van der Waals surface area contributed by atoms with Gasteiger partial charge in [0.25, 0.3) is 0 Å². The Morgan fingerprint density at radius 2 is 2.26 bits per heavy atom. The fourth-order valence-electron chi connectivity index (χ4n) is 1.83. The van der Waals surface area contributed by atoms with Gasteiger partial charge in [-0.3, -0.25) is 4.79 Å². The number of hydrogen-bond acceptors (Lipinski definition) is 4. The molecule has 19 heavy (non-hydrogen) atoms. The Hall–Kier alpha value is -1.38. The predicted octanol–water partition coefficient (Wildman–Crippen LogP) is 1.81. The van der Waals surface area contributed by atoms with E-state index in [0.717, 1.165) is 4.90 Å². The third-order valence-electron chi connectivity index (χ3n) is 2.65. The summed E-state index contributed by atoms with van der Waals surface area (Å²) in [6.45, 7) is -1.13. The van der Waals surface area contributed by atoms with Gasteiger partial charge in [0.1, 0.15) is 24.7 Å². The molecule has 0 spiro atoms. The van der Waals surface area contributed by atoms with Gasteiger partial charge in [-0.05, 0) is 22.4 Å². The summed E-state index contributed by atoms with van der Waals surface area (Å²) in [5, 5.41) is 2.82. The average Bonchev–Trinajstić information content (AvgIpc) is 2.63. The van der Waals surface area contributed by atoms with Crippen molar-refractivity contribution in [2.75, 3.05) is 18.4 Å². The van der Waals surface area contributed by atoms with Crippen molar-refractivity contribution in [3.05, 3.63) is 17.0 Å². The predicted molar refractivity (Wildman–Crippen MR) is 64.4 cm³/mol. The van der Waals surface area contributed by atoms with Crippen LogP contribution < -0.4 is 5.32 Å². The summed E-state index contributed by atoms with van der Waals surface area (Å²) < 4.78 is 37.3. The van der Waals surface area contributed by atoms with Crippen LogP contribution in [0.2, 0.25) is 0 Å². The Bertz CT molecular complexity index is 482. The molecule has 0 aliphatic carbocycles. The summed E-state index contributed by atoms with van der Waals surface area (Å²) in [5.41, 5.74) is 0. The van der Waals surface area contributed by atoms with Crippen LogP contribution in [-0.4, -0.2) is 46.1 Å². The van der Waals surface area contributed by atoms with Crippen molar-refractivity contribution in [1.82, 2.24) is 14.9 Å². The molecule has 2 rings (SSSR count). The summed E-state index contributed by atoms with van der Waals surface area (Å²) in [4.78, 5) is 20.3. The number of carbonyl (C=O) groups excluding carboxylic acids is 1. The second-order valence-electron chi connectivity index (χ2n) is 4.08. The third kappa shape index (κ3) is 3.55. The molecule has 104 valence electrons. The molecule has 1 saturated heterocycles. The van der Waals surface area contributed by atoms with Gasteiger partial charge in [0.05, 0.1) is 4.47 Å². The highest BCUT2D eigenvalue weighted by molar-refractivity contribution is 9.10. The molecule has 1 aliphatic rings. The first-order chi connectivity index (χ1) is 8.87. The second-order valence-corrected chi connectivity index (χ2v) is 4.93. The molecule has 1 aromatic heterocycles. The molecule has 5 nitrogen and oxygen atoms in total. The van der Waals surface area contributed by atoms with Crippen molar-refractivity contribution in [2.45, 2.75) is 18.6 Å². The number of hydrogen-bond donors (Lipinski definition) is 1. The fraction of sp³-hybridized carbons (Fsp3) is 0.500. The van der Waals surface area contributed by atoms with Gasteiger partial charge in [0.15, 0.2) is 0 Å². The number of nitrogens with one attached hydrogen (secondary N) is 1. The molecule has 1 fully saturated rings. The lowest BCUT2D eigenvalue weighted by Crippen LogP contribution is -2.39. The van der Waals surface area contributed by atoms with Gasteiger partial charge >= 0.3 is 6.18 Å². The summed E-state index contributed by atoms with van der Waals surface area (Å²) >= 11 is 3.20. The van der Waals surface area contributed by atoms with Crippen LogP contribution in [0.1, 0.15) is 6.42 Å². The number of aromatic nitrogens is 2. The van der Waals surface area contributed by atoms with Gasteiger partial charge in [-0.1, -0.05) is 0 Å². The van der Waals surface area contributed by atoms with Gasteiger partial charge in [0.2, 0.25) is 5.91 Å². The Kier molecular flexibility index (Phi) is 3.93. The van der Waals surface area contributed by atoms with Crippen LogP contribution in [0.3, 0.4) is 0 Å². The van der Waals surface area contributed by atoms with E-state index >= 15 is 0 Å². The zero-order valence-corrected chi connectivity index (χ0v) is 11.2. The molecule has 0 bridgehead atoms. The van der Waals surface area contributed by atoms with Crippen molar-refractivity contribution in [2.24, 2.45) is 0 Å². The molecule has 0 aromatic carbocycles. The van der Waals surface area contributed by atoms with E-state index in [9.17, 15) is 18.0 Å². The maximum atomic E-state index is 12.3. The number of anilines is 1. The Balaban J connectivity index is 2.01. The van der Waals surface area contributed by atoms with Gasteiger partial charge in [-0.2, -0.15) is 13.2 Å². The number of nitrogens with zero attached hydrogens (tertiary/aromatic N) is 3. The average molecular weight is 339 g/mol. The molecule has 1 amide bonds. The minimum absolute atomic E-state index is 0.0821. The molecule has 1 aliphatic heterocycles. The maximum Gasteiger partial charge on any atom is 0.406 e. The van der Waals surface area contributed by atoms with E-state index in [1.54, 1.807) is 0 Å². The van der Waals surface area contributed by atoms with Crippen LogP contribution in [0, 0.1) is 0 Å². The first-order valence-corrected chi connectivity index (χ1v) is 6.24. The molecule has 2 heterocycles. The smallest absolute Gasteiger partial charge is 0.357 e. The van der Waals surface area contributed by atoms with Crippen molar-refractivity contribution < 1.29 is 18.0 Å². The lowest BCUT2D eigenvalue weighted by molar-refractivity contribution is -0.157. The van der Waals surface area contributed by atoms with Crippen molar-refractivity contribution in [3.8, 4) is 0 Å². The van der Waals surface area contributed by atoms with E-state index in [2.05, 4.69) is 31.2 Å². The molecule has 0 radical (unpaired) electrons. The van der Waals surface area contributed by atoms with Gasteiger partial charge in [0, 0.05) is 12.7 Å². The molecule has 1 aromatic rings. The Labute approximate surface area is 115 Å². The Morgan fingerprint density at radius 1 is 1.53 bits per heavy atom. The second kappa shape index (κ2) is 5.32. The first kappa shape index (κ1) is 14.0. The molecule has 0 saturated carbocycles. The zero-order valence-electron chi connectivity index (χ0n) is 9.62. The largest absolute Gasteiger partial charge is 0.406 e. The molecule has 1 N–H and O–H groups in total. The molecule has 1 unspecified atom stereocenters. The van der Waals surface area contributed by atoms with E-state index in [-0.39, 0.29) is 6.54 Å². The van der Waals surface area contributed by atoms with E-state index < -0.39 is 24.7 Å². The number of alkyl halides is 3. The zero-order chi connectivity index (χ0) is 14.0. The van der Waals surface area contributed by atoms with Crippen molar-refractivity contribution in [3.63, 3.8) is 0 Å². The lowest BCUT2D eigenvalue weighted by Gasteiger charge is -2.19. The monoisotopic (exact) mass is 338 g/mol. The van der Waals surface area contributed by atoms with Crippen molar-refractivity contribution >= 4 is 27.7 Å². The summed E-state index contributed by atoms with van der Waals surface area (Å²) in [5.74, 6) is -0.176.